The Morgan fingerprint density at radius 1 is 0.962 bits per heavy atom. The van der Waals surface area contributed by atoms with Crippen molar-refractivity contribution in [2.75, 3.05) is 25.5 Å². The van der Waals surface area contributed by atoms with Crippen molar-refractivity contribution < 1.29 is 18.6 Å². The minimum atomic E-state index is -2.86. The van der Waals surface area contributed by atoms with Crippen molar-refractivity contribution in [3.8, 4) is 0 Å². The Morgan fingerprint density at radius 3 is 2.15 bits per heavy atom. The Morgan fingerprint density at radius 2 is 1.58 bits per heavy atom. The largest absolute Gasteiger partial charge is 0.463 e. The summed E-state index contributed by atoms with van der Waals surface area (Å²) >= 11 is 0. The number of hydrogen-bond acceptors (Lipinski definition) is 4. The minimum absolute atomic E-state index is 0.243. The topological polar surface area (TPSA) is 52.6 Å². The van der Waals surface area contributed by atoms with Crippen LogP contribution < -0.4 is 0 Å². The van der Waals surface area contributed by atoms with Crippen LogP contribution in [0.25, 0.3) is 0 Å². The summed E-state index contributed by atoms with van der Waals surface area (Å²) in [6, 6.07) is 0. The van der Waals surface area contributed by atoms with E-state index in [2.05, 4.69) is 6.08 Å². The quantitative estimate of drug-likeness (QED) is 0.280. The van der Waals surface area contributed by atoms with E-state index < -0.39 is 7.37 Å². The van der Waals surface area contributed by atoms with Gasteiger partial charge in [-0.2, -0.15) is 0 Å². The Balaban J connectivity index is 2.13. The van der Waals surface area contributed by atoms with Crippen LogP contribution in [0.2, 0.25) is 0 Å². The molecular formula is C21H37O4P. The fraction of sp³-hybridized carbons (Fsp3) is 0.857. The molecule has 2 rings (SSSR count). The molecule has 0 radical (unpaired) electrons. The lowest BCUT2D eigenvalue weighted by Gasteiger charge is -2.27. The summed E-state index contributed by atoms with van der Waals surface area (Å²) in [6.45, 7) is 4.49. The van der Waals surface area contributed by atoms with Crippen molar-refractivity contribution >= 4 is 13.3 Å². The van der Waals surface area contributed by atoms with Crippen LogP contribution in [0.3, 0.4) is 0 Å². The molecule has 2 aliphatic carbocycles. The van der Waals surface area contributed by atoms with Crippen molar-refractivity contribution in [2.45, 2.75) is 78.1 Å². The lowest BCUT2D eigenvalue weighted by atomic mass is 9.88. The fourth-order valence-electron chi connectivity index (χ4n) is 4.42. The van der Waals surface area contributed by atoms with E-state index in [1.54, 1.807) is 0 Å². The zero-order valence-corrected chi connectivity index (χ0v) is 17.6. The molecule has 4 nitrogen and oxygen atoms in total. The Hall–Kier alpha value is -0.600. The van der Waals surface area contributed by atoms with Crippen LogP contribution in [0.15, 0.2) is 11.6 Å². The molecule has 26 heavy (non-hydrogen) atoms. The average molecular weight is 384 g/mol. The van der Waals surface area contributed by atoms with Crippen LogP contribution in [-0.2, 0) is 18.6 Å². The third kappa shape index (κ3) is 7.19. The van der Waals surface area contributed by atoms with Gasteiger partial charge in [-0.1, -0.05) is 44.6 Å². The monoisotopic (exact) mass is 384 g/mol. The lowest BCUT2D eigenvalue weighted by molar-refractivity contribution is -0.138. The first kappa shape index (κ1) is 21.7. The van der Waals surface area contributed by atoms with E-state index in [0.717, 1.165) is 25.7 Å². The molecule has 0 N–H and O–H groups in total. The van der Waals surface area contributed by atoms with Crippen molar-refractivity contribution in [3.63, 3.8) is 0 Å². The fourth-order valence-corrected chi connectivity index (χ4v) is 7.12. The molecule has 0 aromatic rings. The van der Waals surface area contributed by atoms with Crippen LogP contribution in [0, 0.1) is 11.8 Å². The summed E-state index contributed by atoms with van der Waals surface area (Å²) in [7, 11) is -2.86. The van der Waals surface area contributed by atoms with Crippen LogP contribution in [0.4, 0.5) is 0 Å². The van der Waals surface area contributed by atoms with Crippen LogP contribution in [-0.4, -0.2) is 31.5 Å². The number of ether oxygens (including phenoxy) is 1. The highest BCUT2D eigenvalue weighted by Gasteiger charge is 2.32. The number of rotatable bonds is 9. The summed E-state index contributed by atoms with van der Waals surface area (Å²) in [5.74, 6) is 0.578. The summed E-state index contributed by atoms with van der Waals surface area (Å²) in [5, 5.41) is 0. The zero-order valence-electron chi connectivity index (χ0n) is 16.7. The maximum atomic E-state index is 13.6. The molecule has 0 aromatic heterocycles. The van der Waals surface area contributed by atoms with E-state index >= 15 is 0 Å². The van der Waals surface area contributed by atoms with Gasteiger partial charge in [0.2, 0.25) is 7.37 Å². The van der Waals surface area contributed by atoms with Gasteiger partial charge in [0.1, 0.15) is 0 Å². The van der Waals surface area contributed by atoms with Crippen molar-refractivity contribution in [1.82, 2.24) is 0 Å². The zero-order chi connectivity index (χ0) is 18.8. The normalized spacial score (nSPS) is 22.8. The van der Waals surface area contributed by atoms with Crippen LogP contribution in [0.1, 0.15) is 78.1 Å². The third-order valence-corrected chi connectivity index (χ3v) is 8.29. The number of carbonyl (C=O) groups excluding carboxylic acids is 1. The summed E-state index contributed by atoms with van der Waals surface area (Å²) in [5.41, 5.74) is 0.589. The van der Waals surface area contributed by atoms with Gasteiger partial charge in [-0.25, -0.2) is 4.79 Å². The smallest absolute Gasteiger partial charge is 0.334 e. The lowest BCUT2D eigenvalue weighted by Crippen LogP contribution is -2.18. The SMILES string of the molecule is CCOC(=O)/C(=C\C1CCCCC1)CP(=O)(CC1CCCCC1)OCC. The first-order valence-corrected chi connectivity index (χ1v) is 12.7. The van der Waals surface area contributed by atoms with E-state index in [9.17, 15) is 9.36 Å². The van der Waals surface area contributed by atoms with Gasteiger partial charge in [0.25, 0.3) is 0 Å². The van der Waals surface area contributed by atoms with E-state index in [1.165, 1.54) is 38.5 Å². The molecule has 5 heteroatoms. The highest BCUT2D eigenvalue weighted by molar-refractivity contribution is 7.59. The predicted molar refractivity (Wildman–Crippen MR) is 107 cm³/mol. The Bertz CT molecular complexity index is 502. The molecule has 0 bridgehead atoms. The van der Waals surface area contributed by atoms with E-state index in [-0.39, 0.29) is 12.1 Å². The Labute approximate surface area is 159 Å². The van der Waals surface area contributed by atoms with Gasteiger partial charge in [-0.3, -0.25) is 4.57 Å². The first-order chi connectivity index (χ1) is 12.6. The number of esters is 1. The van der Waals surface area contributed by atoms with E-state index in [1.807, 2.05) is 13.8 Å². The van der Waals surface area contributed by atoms with Gasteiger partial charge in [0.05, 0.1) is 19.4 Å². The van der Waals surface area contributed by atoms with Gasteiger partial charge >= 0.3 is 5.97 Å². The van der Waals surface area contributed by atoms with Gasteiger partial charge in [0, 0.05) is 11.7 Å². The maximum absolute atomic E-state index is 13.6. The van der Waals surface area contributed by atoms with Gasteiger partial charge in [0.15, 0.2) is 0 Å². The molecule has 0 saturated heterocycles. The van der Waals surface area contributed by atoms with Gasteiger partial charge in [-0.15, -0.1) is 0 Å². The molecule has 0 spiro atoms. The molecule has 1 atom stereocenters. The molecule has 0 aromatic carbocycles. The molecule has 150 valence electrons. The molecule has 0 aliphatic heterocycles. The maximum Gasteiger partial charge on any atom is 0.334 e. The third-order valence-electron chi connectivity index (χ3n) is 5.66. The van der Waals surface area contributed by atoms with Crippen molar-refractivity contribution in [1.29, 1.82) is 0 Å². The van der Waals surface area contributed by atoms with Crippen molar-refractivity contribution in [3.05, 3.63) is 11.6 Å². The second-order valence-corrected chi connectivity index (χ2v) is 10.5. The van der Waals surface area contributed by atoms with Crippen LogP contribution >= 0.6 is 7.37 Å². The molecule has 0 amide bonds. The molecule has 1 unspecified atom stereocenters. The molecular weight excluding hydrogens is 347 g/mol. The number of allylic oxidation sites excluding steroid dienone is 1. The minimum Gasteiger partial charge on any atom is -0.463 e. The first-order valence-electron chi connectivity index (χ1n) is 10.7. The highest BCUT2D eigenvalue weighted by Crippen LogP contribution is 2.52. The highest BCUT2D eigenvalue weighted by atomic mass is 31.2. The summed E-state index contributed by atoms with van der Waals surface area (Å²) in [6.07, 6.45) is 14.8. The van der Waals surface area contributed by atoms with Crippen molar-refractivity contribution in [2.24, 2.45) is 11.8 Å². The second-order valence-electron chi connectivity index (χ2n) is 7.89. The standard InChI is InChI=1S/C21H37O4P/c1-3-24-21(22)20(15-18-11-7-5-8-12-18)17-26(23,25-4-2)16-19-13-9-6-10-14-19/h15,18-19H,3-14,16-17H2,1-2H3/b20-15-. The molecule has 0 heterocycles. The predicted octanol–water partition coefficient (Wildman–Crippen LogP) is 5.95. The molecule has 2 aliphatic rings. The van der Waals surface area contributed by atoms with E-state index in [4.69, 9.17) is 9.26 Å². The van der Waals surface area contributed by atoms with Crippen LogP contribution in [0.5, 0.6) is 0 Å². The molecule has 2 fully saturated rings. The molecule has 2 saturated carbocycles. The summed E-state index contributed by atoms with van der Waals surface area (Å²) in [4.78, 5) is 12.5. The van der Waals surface area contributed by atoms with Gasteiger partial charge < -0.3 is 9.26 Å². The average Bonchev–Trinajstić information content (AvgIpc) is 2.63. The second kappa shape index (κ2) is 11.3. The number of hydrogen-bond donors (Lipinski definition) is 0. The number of carbonyl (C=O) groups is 1. The Kier molecular flexibility index (Phi) is 9.42. The summed E-state index contributed by atoms with van der Waals surface area (Å²) < 4.78 is 24.6. The van der Waals surface area contributed by atoms with Gasteiger partial charge in [-0.05, 0) is 51.4 Å². The van der Waals surface area contributed by atoms with E-state index in [0.29, 0.717) is 36.8 Å².